The number of ether oxygens (including phenoxy) is 2. The van der Waals surface area contributed by atoms with Gasteiger partial charge in [-0.2, -0.15) is 0 Å². The summed E-state index contributed by atoms with van der Waals surface area (Å²) in [6.07, 6.45) is 2.91. The molecule has 13 heteroatoms. The number of aliphatic imine (C=N–C) groups is 1. The molecule has 0 bridgehead atoms. The molecule has 0 radical (unpaired) electrons. The fourth-order valence-electron chi connectivity index (χ4n) is 3.34. The number of nitrogens with zero attached hydrogens (tertiary/aromatic N) is 2. The molecule has 2 aromatic carbocycles. The van der Waals surface area contributed by atoms with Gasteiger partial charge in [0, 0.05) is 42.6 Å². The van der Waals surface area contributed by atoms with Crippen LogP contribution in [0.4, 0.5) is 0 Å². The molecule has 0 aliphatic rings. The third-order valence-corrected chi connectivity index (χ3v) is 7.46. The van der Waals surface area contributed by atoms with Crippen molar-refractivity contribution in [3.8, 4) is 22.6 Å². The first kappa shape index (κ1) is 33.3. The van der Waals surface area contributed by atoms with E-state index < -0.39 is 0 Å². The highest BCUT2D eigenvalue weighted by Crippen LogP contribution is 2.34. The normalized spacial score (nSPS) is 10.1. The smallest absolute Gasteiger partial charge is 0.221 e. The first-order valence-electron chi connectivity index (χ1n) is 12.8. The van der Waals surface area contributed by atoms with Crippen LogP contribution >= 0.6 is 21.6 Å². The maximum Gasteiger partial charge on any atom is 0.221 e. The van der Waals surface area contributed by atoms with E-state index in [2.05, 4.69) is 26.3 Å². The molecule has 0 spiro atoms. The van der Waals surface area contributed by atoms with Crippen LogP contribution in [0, 0.1) is 5.41 Å². The zero-order chi connectivity index (χ0) is 29.7. The lowest BCUT2D eigenvalue weighted by Gasteiger charge is -2.16. The van der Waals surface area contributed by atoms with Crippen molar-refractivity contribution < 1.29 is 14.3 Å². The molecule has 0 saturated heterocycles. The van der Waals surface area contributed by atoms with Gasteiger partial charge in [0.2, 0.25) is 5.91 Å². The SMILES string of the molecule is CNCCOc1ccccc1-c1ccc(CNC(=O)CCSSc2ccccn2)c(OCCN=C(N)N)c1.N=CN. The first-order chi connectivity index (χ1) is 20.0. The van der Waals surface area contributed by atoms with Crippen LogP contribution in [-0.2, 0) is 11.3 Å². The number of hydrogen-bond donors (Lipinski definition) is 6. The lowest BCUT2D eigenvalue weighted by molar-refractivity contribution is -0.120. The second kappa shape index (κ2) is 20.0. The number of para-hydroxylation sites is 1. The van der Waals surface area contributed by atoms with Crippen LogP contribution in [0.1, 0.15) is 12.0 Å². The van der Waals surface area contributed by atoms with Crippen molar-refractivity contribution in [2.24, 2.45) is 22.2 Å². The summed E-state index contributed by atoms with van der Waals surface area (Å²) >= 11 is 0. The molecule has 41 heavy (non-hydrogen) atoms. The van der Waals surface area contributed by atoms with Gasteiger partial charge in [-0.3, -0.25) is 15.2 Å². The molecular weight excluding hydrogens is 560 g/mol. The van der Waals surface area contributed by atoms with Gasteiger partial charge in [-0.25, -0.2) is 4.98 Å². The van der Waals surface area contributed by atoms with Crippen molar-refractivity contribution in [2.75, 3.05) is 39.1 Å². The Hall–Kier alpha value is -3.94. The molecule has 0 aliphatic heterocycles. The monoisotopic (exact) mass is 598 g/mol. The van der Waals surface area contributed by atoms with Gasteiger partial charge in [-0.15, -0.1) is 0 Å². The molecule has 0 atom stereocenters. The number of nitrogens with two attached hydrogens (primary N) is 3. The topological polar surface area (TPSA) is 187 Å². The van der Waals surface area contributed by atoms with E-state index in [1.807, 2.05) is 67.7 Å². The summed E-state index contributed by atoms with van der Waals surface area (Å²) in [7, 11) is 5.05. The number of pyridine rings is 1. The summed E-state index contributed by atoms with van der Waals surface area (Å²) in [5, 5.41) is 12.9. The van der Waals surface area contributed by atoms with Gasteiger partial charge in [-0.1, -0.05) is 47.2 Å². The van der Waals surface area contributed by atoms with Gasteiger partial charge in [0.25, 0.3) is 0 Å². The molecule has 0 aliphatic carbocycles. The maximum absolute atomic E-state index is 12.5. The van der Waals surface area contributed by atoms with E-state index in [0.717, 1.165) is 40.3 Å². The van der Waals surface area contributed by atoms with Crippen LogP contribution in [0.5, 0.6) is 11.5 Å². The molecule has 3 rings (SSSR count). The van der Waals surface area contributed by atoms with Crippen LogP contribution in [0.2, 0.25) is 0 Å². The molecule has 0 saturated carbocycles. The summed E-state index contributed by atoms with van der Waals surface area (Å²) in [4.78, 5) is 20.7. The molecule has 220 valence electrons. The fourth-order valence-corrected chi connectivity index (χ4v) is 5.21. The minimum Gasteiger partial charge on any atom is -0.492 e. The average molecular weight is 599 g/mol. The van der Waals surface area contributed by atoms with Gasteiger partial charge in [-0.05, 0) is 47.7 Å². The van der Waals surface area contributed by atoms with E-state index in [0.29, 0.717) is 44.2 Å². The van der Waals surface area contributed by atoms with Crippen molar-refractivity contribution in [2.45, 2.75) is 18.0 Å². The Bertz CT molecular complexity index is 1230. The van der Waals surface area contributed by atoms with Crippen LogP contribution in [0.25, 0.3) is 11.1 Å². The Labute approximate surface area is 249 Å². The third kappa shape index (κ3) is 13.3. The third-order valence-electron chi connectivity index (χ3n) is 5.19. The van der Waals surface area contributed by atoms with E-state index in [9.17, 15) is 4.79 Å². The number of aromatic nitrogens is 1. The Morgan fingerprint density at radius 3 is 2.56 bits per heavy atom. The number of carbonyl (C=O) groups is 1. The Balaban J connectivity index is 0.00000187. The van der Waals surface area contributed by atoms with E-state index >= 15 is 0 Å². The summed E-state index contributed by atoms with van der Waals surface area (Å²) in [5.41, 5.74) is 18.0. The Kier molecular flexibility index (Phi) is 16.2. The maximum atomic E-state index is 12.5. The molecule has 1 aromatic heterocycles. The molecule has 3 aromatic rings. The van der Waals surface area contributed by atoms with Crippen molar-refractivity contribution >= 4 is 39.8 Å². The number of guanidine groups is 1. The second-order valence-corrected chi connectivity index (χ2v) is 10.6. The number of amides is 1. The first-order valence-corrected chi connectivity index (χ1v) is 15.2. The summed E-state index contributed by atoms with van der Waals surface area (Å²) in [6.45, 7) is 2.26. The van der Waals surface area contributed by atoms with Crippen LogP contribution in [-0.4, -0.2) is 62.3 Å². The van der Waals surface area contributed by atoms with Crippen molar-refractivity contribution in [3.05, 3.63) is 72.4 Å². The molecule has 0 fully saturated rings. The zero-order valence-corrected chi connectivity index (χ0v) is 24.7. The van der Waals surface area contributed by atoms with Gasteiger partial charge >= 0.3 is 0 Å². The van der Waals surface area contributed by atoms with E-state index in [1.165, 1.54) is 0 Å². The fraction of sp³-hybridized carbons (Fsp3) is 0.286. The number of likely N-dealkylation sites (N-methyl/N-ethyl adjacent to an activating group) is 1. The minimum atomic E-state index is -0.0297. The van der Waals surface area contributed by atoms with Gasteiger partial charge in [0.15, 0.2) is 5.96 Å². The molecular formula is C28H38N8O3S2. The number of rotatable bonds is 16. The van der Waals surface area contributed by atoms with Crippen LogP contribution in [0.15, 0.2) is 76.9 Å². The molecule has 1 amide bonds. The lowest BCUT2D eigenvalue weighted by atomic mass is 10.0. The van der Waals surface area contributed by atoms with Crippen molar-refractivity contribution in [1.82, 2.24) is 15.6 Å². The molecule has 1 heterocycles. The predicted octanol–water partition coefficient (Wildman–Crippen LogP) is 3.00. The van der Waals surface area contributed by atoms with E-state index in [-0.39, 0.29) is 11.9 Å². The number of benzene rings is 2. The second-order valence-electron chi connectivity index (χ2n) is 8.19. The summed E-state index contributed by atoms with van der Waals surface area (Å²) in [5.74, 6) is 2.10. The lowest BCUT2D eigenvalue weighted by Crippen LogP contribution is -2.24. The summed E-state index contributed by atoms with van der Waals surface area (Å²) < 4.78 is 12.0. The van der Waals surface area contributed by atoms with Gasteiger partial charge in [0.1, 0.15) is 29.7 Å². The van der Waals surface area contributed by atoms with Crippen LogP contribution < -0.4 is 37.3 Å². The predicted molar refractivity (Wildman–Crippen MR) is 169 cm³/mol. The highest BCUT2D eigenvalue weighted by molar-refractivity contribution is 8.76. The van der Waals surface area contributed by atoms with Gasteiger partial charge < -0.3 is 37.3 Å². The quantitative estimate of drug-likeness (QED) is 0.0619. The van der Waals surface area contributed by atoms with E-state index in [1.54, 1.807) is 27.8 Å². The highest BCUT2D eigenvalue weighted by Gasteiger charge is 2.12. The van der Waals surface area contributed by atoms with Crippen LogP contribution in [0.3, 0.4) is 0 Å². The average Bonchev–Trinajstić information content (AvgIpc) is 2.98. The largest absolute Gasteiger partial charge is 0.492 e. The number of hydrogen-bond acceptors (Lipinski definition) is 9. The van der Waals surface area contributed by atoms with Crippen molar-refractivity contribution in [3.63, 3.8) is 0 Å². The Morgan fingerprint density at radius 1 is 1.07 bits per heavy atom. The van der Waals surface area contributed by atoms with Gasteiger partial charge in [0.05, 0.1) is 12.9 Å². The molecule has 0 unspecified atom stereocenters. The molecule has 9 N–H and O–H groups in total. The Morgan fingerprint density at radius 2 is 1.83 bits per heavy atom. The van der Waals surface area contributed by atoms with Crippen molar-refractivity contribution in [1.29, 1.82) is 5.41 Å². The number of carbonyl (C=O) groups excluding carboxylic acids is 1. The van der Waals surface area contributed by atoms with E-state index in [4.69, 9.17) is 26.4 Å². The minimum absolute atomic E-state index is 0.0153. The highest BCUT2D eigenvalue weighted by atomic mass is 33.1. The number of nitrogens with one attached hydrogen (secondary N) is 3. The summed E-state index contributed by atoms with van der Waals surface area (Å²) in [6, 6.07) is 19.6. The zero-order valence-electron chi connectivity index (χ0n) is 23.0. The molecule has 11 nitrogen and oxygen atoms in total. The standard InChI is InChI=1S/C27H34N6O3S2.CH4N2/c1-30-13-15-35-23-7-3-2-6-22(23)20-9-10-21(24(18-20)36-16-14-32-27(28)29)19-33-25(34)11-17-37-38-26-8-4-5-12-31-26;2-1-3/h2-10,12,18,30H,11,13-17,19H2,1H3,(H,33,34)(H4,28,29,32);1H,(H3,2,3).